The zero-order chi connectivity index (χ0) is 8.97. The van der Waals surface area contributed by atoms with Gasteiger partial charge in [-0.25, -0.2) is 4.79 Å². The molecule has 0 radical (unpaired) electrons. The van der Waals surface area contributed by atoms with Crippen molar-refractivity contribution in [3.63, 3.8) is 0 Å². The molecule has 0 aromatic rings. The molecule has 0 aliphatic carbocycles. The van der Waals surface area contributed by atoms with Gasteiger partial charge in [-0.2, -0.15) is 0 Å². The summed E-state index contributed by atoms with van der Waals surface area (Å²) in [5, 5.41) is 0. The summed E-state index contributed by atoms with van der Waals surface area (Å²) in [7, 11) is 0. The van der Waals surface area contributed by atoms with Crippen LogP contribution in [0.25, 0.3) is 0 Å². The van der Waals surface area contributed by atoms with Gasteiger partial charge in [-0.1, -0.05) is 0 Å². The van der Waals surface area contributed by atoms with Gasteiger partial charge >= 0.3 is 5.97 Å². The molecule has 1 aliphatic rings. The lowest BCUT2D eigenvalue weighted by atomic mass is 10.3. The second kappa shape index (κ2) is 4.50. The smallest absolute Gasteiger partial charge is 0.348 e. The molecule has 0 aromatic carbocycles. The minimum Gasteiger partial charge on any atom is -0.496 e. The van der Waals surface area contributed by atoms with Crippen molar-refractivity contribution in [1.29, 1.82) is 0 Å². The molecule has 1 aliphatic heterocycles. The predicted octanol–water partition coefficient (Wildman–Crippen LogP) is 1.97. The molecule has 0 aromatic heterocycles. The third-order valence-electron chi connectivity index (χ3n) is 1.52. The fourth-order valence-electron chi connectivity index (χ4n) is 0.982. The number of carbonyl (C=O) groups excluding carboxylic acids is 1. The average molecular weight is 235 g/mol. The summed E-state index contributed by atoms with van der Waals surface area (Å²) in [5.41, 5.74) is 0. The van der Waals surface area contributed by atoms with E-state index in [0.29, 0.717) is 23.5 Å². The maximum Gasteiger partial charge on any atom is 0.348 e. The third kappa shape index (κ3) is 2.24. The monoisotopic (exact) mass is 234 g/mol. The molecule has 0 amide bonds. The first-order chi connectivity index (χ1) is 5.75. The molecule has 0 atom stereocenters. The Kier molecular flexibility index (Phi) is 3.59. The summed E-state index contributed by atoms with van der Waals surface area (Å²) in [6.07, 6.45) is 1.79. The van der Waals surface area contributed by atoms with E-state index in [2.05, 4.69) is 15.9 Å². The van der Waals surface area contributed by atoms with Crippen LogP contribution in [0.15, 0.2) is 10.2 Å². The quantitative estimate of drug-likeness (QED) is 0.542. The molecular formula is C8H11BrO3. The average Bonchev–Trinajstić information content (AvgIpc) is 2.55. The van der Waals surface area contributed by atoms with Crippen LogP contribution in [0.1, 0.15) is 19.8 Å². The zero-order valence-electron chi connectivity index (χ0n) is 6.93. The predicted molar refractivity (Wildman–Crippen MR) is 47.8 cm³/mol. The van der Waals surface area contributed by atoms with Crippen molar-refractivity contribution in [1.82, 2.24) is 0 Å². The lowest BCUT2D eigenvalue weighted by Gasteiger charge is -2.03. The van der Waals surface area contributed by atoms with Gasteiger partial charge in [-0.3, -0.25) is 0 Å². The Bertz CT molecular complexity index is 202. The number of halogens is 1. The van der Waals surface area contributed by atoms with Gasteiger partial charge in [0.2, 0.25) is 0 Å². The maximum absolute atomic E-state index is 11.1. The standard InChI is InChI=1S/C8H11BrO3/c1-2-11-8(10)7(9)6-4-3-5-12-6/h2-5H2,1H3/b7-6+. The second-order valence-electron chi connectivity index (χ2n) is 2.41. The van der Waals surface area contributed by atoms with Gasteiger partial charge in [-0.05, 0) is 29.3 Å². The van der Waals surface area contributed by atoms with Crippen molar-refractivity contribution >= 4 is 21.9 Å². The van der Waals surface area contributed by atoms with Gasteiger partial charge in [0, 0.05) is 6.42 Å². The topological polar surface area (TPSA) is 35.5 Å². The molecule has 0 spiro atoms. The molecular weight excluding hydrogens is 224 g/mol. The van der Waals surface area contributed by atoms with Crippen molar-refractivity contribution in [3.8, 4) is 0 Å². The summed E-state index contributed by atoms with van der Waals surface area (Å²) < 4.78 is 10.4. The van der Waals surface area contributed by atoms with Crippen molar-refractivity contribution in [2.45, 2.75) is 19.8 Å². The highest BCUT2D eigenvalue weighted by atomic mass is 79.9. The number of hydrogen-bond donors (Lipinski definition) is 0. The van der Waals surface area contributed by atoms with Gasteiger partial charge in [0.05, 0.1) is 13.2 Å². The molecule has 1 fully saturated rings. The Labute approximate surface area is 79.9 Å². The first-order valence-corrected chi connectivity index (χ1v) is 4.73. The highest BCUT2D eigenvalue weighted by Gasteiger charge is 2.18. The third-order valence-corrected chi connectivity index (χ3v) is 2.29. The molecule has 0 N–H and O–H groups in total. The van der Waals surface area contributed by atoms with Crippen LogP contribution >= 0.6 is 15.9 Å². The van der Waals surface area contributed by atoms with Gasteiger partial charge in [0.25, 0.3) is 0 Å². The SMILES string of the molecule is CCOC(=O)/C(Br)=C1/CCCO1. The van der Waals surface area contributed by atoms with Crippen LogP contribution in [0.2, 0.25) is 0 Å². The van der Waals surface area contributed by atoms with E-state index in [-0.39, 0.29) is 5.97 Å². The van der Waals surface area contributed by atoms with Crippen molar-refractivity contribution in [2.75, 3.05) is 13.2 Å². The van der Waals surface area contributed by atoms with Crippen molar-refractivity contribution in [3.05, 3.63) is 10.2 Å². The number of esters is 1. The van der Waals surface area contributed by atoms with Gasteiger partial charge in [0.1, 0.15) is 10.2 Å². The van der Waals surface area contributed by atoms with Gasteiger partial charge in [0.15, 0.2) is 0 Å². The Morgan fingerprint density at radius 2 is 2.50 bits per heavy atom. The molecule has 1 heterocycles. The van der Waals surface area contributed by atoms with E-state index in [4.69, 9.17) is 9.47 Å². The van der Waals surface area contributed by atoms with Crippen LogP contribution in [-0.4, -0.2) is 19.2 Å². The van der Waals surface area contributed by atoms with Crippen LogP contribution in [0.4, 0.5) is 0 Å². The second-order valence-corrected chi connectivity index (χ2v) is 3.20. The minimum absolute atomic E-state index is 0.339. The molecule has 1 rings (SSSR count). The van der Waals surface area contributed by atoms with E-state index in [0.717, 1.165) is 12.8 Å². The number of allylic oxidation sites excluding steroid dienone is 1. The largest absolute Gasteiger partial charge is 0.496 e. The van der Waals surface area contributed by atoms with Gasteiger partial charge in [-0.15, -0.1) is 0 Å². The van der Waals surface area contributed by atoms with Crippen LogP contribution < -0.4 is 0 Å². The fraction of sp³-hybridized carbons (Fsp3) is 0.625. The summed E-state index contributed by atoms with van der Waals surface area (Å²) in [6.45, 7) is 2.86. The van der Waals surface area contributed by atoms with Gasteiger partial charge < -0.3 is 9.47 Å². The Morgan fingerprint density at radius 3 is 3.00 bits per heavy atom. The summed E-state index contributed by atoms with van der Waals surface area (Å²) in [5.74, 6) is 0.378. The van der Waals surface area contributed by atoms with Crippen LogP contribution in [0, 0.1) is 0 Å². The normalized spacial score (nSPS) is 20.2. The summed E-state index contributed by atoms with van der Waals surface area (Å²) in [6, 6.07) is 0. The first-order valence-electron chi connectivity index (χ1n) is 3.94. The summed E-state index contributed by atoms with van der Waals surface area (Å²) >= 11 is 3.15. The molecule has 12 heavy (non-hydrogen) atoms. The number of hydrogen-bond acceptors (Lipinski definition) is 3. The molecule has 1 saturated heterocycles. The highest BCUT2D eigenvalue weighted by molar-refractivity contribution is 9.12. The molecule has 0 bridgehead atoms. The number of ether oxygens (including phenoxy) is 2. The summed E-state index contributed by atoms with van der Waals surface area (Å²) in [4.78, 5) is 11.1. The molecule has 3 nitrogen and oxygen atoms in total. The van der Waals surface area contributed by atoms with Crippen LogP contribution in [0.3, 0.4) is 0 Å². The highest BCUT2D eigenvalue weighted by Crippen LogP contribution is 2.24. The Morgan fingerprint density at radius 1 is 1.75 bits per heavy atom. The fourth-order valence-corrected chi connectivity index (χ4v) is 1.41. The molecule has 0 saturated carbocycles. The molecule has 0 unspecified atom stereocenters. The van der Waals surface area contributed by atoms with E-state index in [9.17, 15) is 4.79 Å². The number of rotatable bonds is 2. The maximum atomic E-state index is 11.1. The lowest BCUT2D eigenvalue weighted by molar-refractivity contribution is -0.137. The first kappa shape index (κ1) is 9.58. The Hall–Kier alpha value is -0.510. The van der Waals surface area contributed by atoms with Crippen molar-refractivity contribution < 1.29 is 14.3 Å². The van der Waals surface area contributed by atoms with E-state index in [1.54, 1.807) is 6.92 Å². The van der Waals surface area contributed by atoms with Crippen LogP contribution in [-0.2, 0) is 14.3 Å². The molecule has 4 heteroatoms. The molecule has 68 valence electrons. The van der Waals surface area contributed by atoms with Crippen LogP contribution in [0.5, 0.6) is 0 Å². The number of carbonyl (C=O) groups is 1. The minimum atomic E-state index is -0.339. The van der Waals surface area contributed by atoms with Crippen molar-refractivity contribution in [2.24, 2.45) is 0 Å². The van der Waals surface area contributed by atoms with E-state index in [1.807, 2.05) is 0 Å². The van der Waals surface area contributed by atoms with E-state index < -0.39 is 0 Å². The van der Waals surface area contributed by atoms with E-state index in [1.165, 1.54) is 0 Å². The zero-order valence-corrected chi connectivity index (χ0v) is 8.52. The van der Waals surface area contributed by atoms with E-state index >= 15 is 0 Å². The lowest BCUT2D eigenvalue weighted by Crippen LogP contribution is -2.05. The Balaban J connectivity index is 2.60.